The molecule has 0 aliphatic carbocycles. The van der Waals surface area contributed by atoms with Crippen LogP contribution in [0.25, 0.3) is 0 Å². The lowest BCUT2D eigenvalue weighted by molar-refractivity contribution is -0.143. The Morgan fingerprint density at radius 2 is 1.61 bits per heavy atom. The molecule has 0 aliphatic rings. The average molecular weight is 526 g/mol. The number of aliphatic hydroxyl groups excluding tert-OH is 1. The van der Waals surface area contributed by atoms with Crippen molar-refractivity contribution in [1.29, 1.82) is 0 Å². The van der Waals surface area contributed by atoms with Gasteiger partial charge in [-0.05, 0) is 58.1 Å². The highest BCUT2D eigenvalue weighted by Crippen LogP contribution is 2.26. The molecule has 3 amide bonds. The topological polar surface area (TPSA) is 108 Å². The summed E-state index contributed by atoms with van der Waals surface area (Å²) in [5, 5.41) is 15.6. The monoisotopic (exact) mass is 525 g/mol. The van der Waals surface area contributed by atoms with E-state index in [9.17, 15) is 19.5 Å². The van der Waals surface area contributed by atoms with E-state index in [4.69, 9.17) is 4.74 Å². The third-order valence-corrected chi connectivity index (χ3v) is 5.75. The van der Waals surface area contributed by atoms with Crippen molar-refractivity contribution in [1.82, 2.24) is 15.5 Å². The van der Waals surface area contributed by atoms with Gasteiger partial charge in [-0.2, -0.15) is 0 Å². The summed E-state index contributed by atoms with van der Waals surface area (Å²) in [7, 11) is 0. The van der Waals surface area contributed by atoms with Gasteiger partial charge in [0.1, 0.15) is 17.7 Å². The summed E-state index contributed by atoms with van der Waals surface area (Å²) in [6.45, 7) is 12.8. The largest absolute Gasteiger partial charge is 0.444 e. The predicted octanol–water partition coefficient (Wildman–Crippen LogP) is 4.42. The molecule has 8 heteroatoms. The van der Waals surface area contributed by atoms with Crippen LogP contribution in [0.1, 0.15) is 69.3 Å². The highest BCUT2D eigenvalue weighted by molar-refractivity contribution is 5.92. The van der Waals surface area contributed by atoms with Crippen molar-refractivity contribution in [2.75, 3.05) is 13.2 Å². The van der Waals surface area contributed by atoms with Gasteiger partial charge < -0.3 is 25.4 Å². The van der Waals surface area contributed by atoms with E-state index in [-0.39, 0.29) is 31.5 Å². The molecule has 8 nitrogen and oxygen atoms in total. The van der Waals surface area contributed by atoms with E-state index in [2.05, 4.69) is 10.6 Å². The summed E-state index contributed by atoms with van der Waals surface area (Å²) >= 11 is 0. The van der Waals surface area contributed by atoms with Gasteiger partial charge in [-0.15, -0.1) is 0 Å². The zero-order valence-corrected chi connectivity index (χ0v) is 23.7. The number of alkyl carbamates (subject to hydrolysis) is 1. The summed E-state index contributed by atoms with van der Waals surface area (Å²) in [5.41, 5.74) is 2.71. The van der Waals surface area contributed by atoms with Gasteiger partial charge in [0, 0.05) is 13.1 Å². The number of rotatable bonds is 11. The van der Waals surface area contributed by atoms with Crippen LogP contribution in [-0.4, -0.2) is 52.7 Å². The van der Waals surface area contributed by atoms with E-state index in [1.54, 1.807) is 20.8 Å². The fourth-order valence-corrected chi connectivity index (χ4v) is 4.34. The van der Waals surface area contributed by atoms with Crippen LogP contribution in [0.3, 0.4) is 0 Å². The molecule has 0 aromatic heterocycles. The first-order valence-electron chi connectivity index (χ1n) is 13.1. The second-order valence-corrected chi connectivity index (χ2v) is 11.1. The molecule has 38 heavy (non-hydrogen) atoms. The number of ether oxygens (including phenoxy) is 1. The van der Waals surface area contributed by atoms with E-state index >= 15 is 0 Å². The van der Waals surface area contributed by atoms with Gasteiger partial charge in [0.25, 0.3) is 0 Å². The molecule has 2 aromatic rings. The van der Waals surface area contributed by atoms with E-state index in [1.807, 2.05) is 76.2 Å². The predicted molar refractivity (Wildman–Crippen MR) is 148 cm³/mol. The maximum atomic E-state index is 14.0. The first-order valence-corrected chi connectivity index (χ1v) is 13.1. The Morgan fingerprint density at radius 3 is 2.13 bits per heavy atom. The molecule has 2 unspecified atom stereocenters. The standard InChI is InChI=1S/C30H43N3O5/c1-20(2)15-25(32-29(37)38-30(5,6)7)28(36)33(13-14-34)26(24-17-21(3)16-22(4)18-24)27(35)31-19-23-11-9-8-10-12-23/h8-12,16-18,20,25-26,34H,13-15,19H2,1-7H3,(H,31,35)(H,32,37). The smallest absolute Gasteiger partial charge is 0.408 e. The number of amides is 3. The molecule has 208 valence electrons. The van der Waals surface area contributed by atoms with Crippen molar-refractivity contribution in [3.8, 4) is 0 Å². The molecule has 0 saturated carbocycles. The van der Waals surface area contributed by atoms with Crippen molar-refractivity contribution < 1.29 is 24.2 Å². The summed E-state index contributed by atoms with van der Waals surface area (Å²) in [4.78, 5) is 41.7. The molecule has 2 rings (SSSR count). The Hall–Kier alpha value is -3.39. The van der Waals surface area contributed by atoms with Gasteiger partial charge in [0.15, 0.2) is 0 Å². The minimum absolute atomic E-state index is 0.0708. The highest BCUT2D eigenvalue weighted by Gasteiger charge is 2.36. The van der Waals surface area contributed by atoms with Crippen LogP contribution in [-0.2, 0) is 20.9 Å². The second-order valence-electron chi connectivity index (χ2n) is 11.1. The number of carbonyl (C=O) groups excluding carboxylic acids is 3. The highest BCUT2D eigenvalue weighted by atomic mass is 16.6. The van der Waals surface area contributed by atoms with Crippen LogP contribution in [0.5, 0.6) is 0 Å². The molecule has 0 saturated heterocycles. The lowest BCUT2D eigenvalue weighted by Crippen LogP contribution is -2.54. The summed E-state index contributed by atoms with van der Waals surface area (Å²) < 4.78 is 5.40. The average Bonchev–Trinajstić information content (AvgIpc) is 2.80. The third kappa shape index (κ3) is 9.82. The van der Waals surface area contributed by atoms with E-state index in [0.29, 0.717) is 12.0 Å². The molecule has 0 fully saturated rings. The minimum atomic E-state index is -1.01. The number of hydrogen-bond donors (Lipinski definition) is 3. The SMILES string of the molecule is Cc1cc(C)cc(C(C(=O)NCc2ccccc2)N(CCO)C(=O)C(CC(C)C)NC(=O)OC(C)(C)C)c1. The Bertz CT molecular complexity index is 1060. The van der Waals surface area contributed by atoms with Gasteiger partial charge in [-0.25, -0.2) is 4.79 Å². The molecule has 0 radical (unpaired) electrons. The van der Waals surface area contributed by atoms with Gasteiger partial charge in [-0.1, -0.05) is 73.5 Å². The molecular weight excluding hydrogens is 482 g/mol. The second kappa shape index (κ2) is 14.0. The Morgan fingerprint density at radius 1 is 1.00 bits per heavy atom. The van der Waals surface area contributed by atoms with Crippen molar-refractivity contribution in [2.45, 2.75) is 79.1 Å². The minimum Gasteiger partial charge on any atom is -0.444 e. The summed E-state index contributed by atoms with van der Waals surface area (Å²) in [6, 6.07) is 13.3. The van der Waals surface area contributed by atoms with Crippen LogP contribution < -0.4 is 10.6 Å². The number of hydrogen-bond acceptors (Lipinski definition) is 5. The maximum absolute atomic E-state index is 14.0. The van der Waals surface area contributed by atoms with Crippen molar-refractivity contribution in [2.24, 2.45) is 5.92 Å². The van der Waals surface area contributed by atoms with E-state index < -0.39 is 29.7 Å². The zero-order valence-electron chi connectivity index (χ0n) is 23.7. The van der Waals surface area contributed by atoms with Crippen LogP contribution >= 0.6 is 0 Å². The van der Waals surface area contributed by atoms with E-state index in [1.165, 1.54) is 4.90 Å². The lowest BCUT2D eigenvalue weighted by Gasteiger charge is -2.34. The van der Waals surface area contributed by atoms with Crippen LogP contribution in [0.15, 0.2) is 48.5 Å². The molecule has 0 heterocycles. The molecule has 2 aromatic carbocycles. The summed E-state index contributed by atoms with van der Waals surface area (Å²) in [6.07, 6.45) is -0.373. The number of nitrogens with one attached hydrogen (secondary N) is 2. The molecular formula is C30H43N3O5. The van der Waals surface area contributed by atoms with Crippen molar-refractivity contribution in [3.05, 3.63) is 70.8 Å². The zero-order chi connectivity index (χ0) is 28.5. The van der Waals surface area contributed by atoms with Crippen molar-refractivity contribution >= 4 is 17.9 Å². The van der Waals surface area contributed by atoms with Crippen LogP contribution in [0.4, 0.5) is 4.79 Å². The van der Waals surface area contributed by atoms with Gasteiger partial charge in [-0.3, -0.25) is 9.59 Å². The Balaban J connectivity index is 2.47. The molecule has 3 N–H and O–H groups in total. The number of carbonyl (C=O) groups is 3. The fraction of sp³-hybridized carbons (Fsp3) is 0.500. The molecule has 0 bridgehead atoms. The molecule has 0 spiro atoms. The summed E-state index contributed by atoms with van der Waals surface area (Å²) in [5.74, 6) is -0.764. The van der Waals surface area contributed by atoms with Crippen molar-refractivity contribution in [3.63, 3.8) is 0 Å². The normalized spacial score (nSPS) is 13.0. The quantitative estimate of drug-likeness (QED) is 0.403. The third-order valence-electron chi connectivity index (χ3n) is 5.75. The maximum Gasteiger partial charge on any atom is 0.408 e. The van der Waals surface area contributed by atoms with Gasteiger partial charge in [0.2, 0.25) is 11.8 Å². The Labute approximate surface area is 226 Å². The lowest BCUT2D eigenvalue weighted by atomic mass is 9.97. The number of aliphatic hydroxyl groups is 1. The number of aryl methyl sites for hydroxylation is 2. The van der Waals surface area contributed by atoms with Gasteiger partial charge >= 0.3 is 6.09 Å². The Kier molecular flexibility index (Phi) is 11.3. The number of nitrogens with zero attached hydrogens (tertiary/aromatic N) is 1. The fourth-order valence-electron chi connectivity index (χ4n) is 4.34. The van der Waals surface area contributed by atoms with Crippen LogP contribution in [0.2, 0.25) is 0 Å². The van der Waals surface area contributed by atoms with E-state index in [0.717, 1.165) is 16.7 Å². The molecule has 2 atom stereocenters. The molecule has 0 aliphatic heterocycles. The first-order chi connectivity index (χ1) is 17.8. The first kappa shape index (κ1) is 30.8. The van der Waals surface area contributed by atoms with Gasteiger partial charge in [0.05, 0.1) is 6.61 Å². The number of benzene rings is 2. The van der Waals surface area contributed by atoms with Crippen LogP contribution in [0, 0.1) is 19.8 Å².